The largest absolute Gasteiger partial charge is 0.480 e. The van der Waals surface area contributed by atoms with Crippen molar-refractivity contribution in [3.8, 4) is 6.07 Å². The number of aromatic amines is 1. The number of carboxylic acids is 1. The van der Waals surface area contributed by atoms with Crippen molar-refractivity contribution in [2.75, 3.05) is 31.6 Å². The highest BCUT2D eigenvalue weighted by Crippen LogP contribution is 2.21. The number of benzene rings is 2. The molecule has 0 saturated heterocycles. The first-order chi connectivity index (χ1) is 55.9. The molecular weight excluding hydrogens is 1540 g/mol. The monoisotopic (exact) mass is 1670 g/mol. The maximum Gasteiger partial charge on any atom is 0.326 e. The lowest BCUT2D eigenvalue weighted by Gasteiger charge is -2.29. The summed E-state index contributed by atoms with van der Waals surface area (Å²) in [4.78, 5) is 212. The van der Waals surface area contributed by atoms with Gasteiger partial charge < -0.3 is 108 Å². The van der Waals surface area contributed by atoms with Crippen LogP contribution in [-0.4, -0.2) is 215 Å². The quantitative estimate of drug-likeness (QED) is 0.0325. The Labute approximate surface area is 695 Å². The van der Waals surface area contributed by atoms with Gasteiger partial charge in [0.2, 0.25) is 82.7 Å². The molecule has 0 aliphatic rings. The van der Waals surface area contributed by atoms with Gasteiger partial charge in [-0.1, -0.05) is 98.6 Å². The molecule has 1 heterocycles. The van der Waals surface area contributed by atoms with Gasteiger partial charge in [0, 0.05) is 29.9 Å². The number of nitrogens with zero attached hydrogens (tertiary/aromatic N) is 1. The Balaban J connectivity index is 1.88. The molecule has 36 nitrogen and oxygen atoms in total. The van der Waals surface area contributed by atoms with Crippen LogP contribution in [0.2, 0.25) is 0 Å². The Bertz CT molecular complexity index is 3860. The predicted molar refractivity (Wildman–Crippen MR) is 448 cm³/mol. The van der Waals surface area contributed by atoms with E-state index in [9.17, 15) is 82.3 Å². The van der Waals surface area contributed by atoms with E-state index in [0.717, 1.165) is 0 Å². The van der Waals surface area contributed by atoms with Gasteiger partial charge in [0.1, 0.15) is 78.5 Å². The SMILES string of the molecule is CC[C@H](C)[C@H](N)C(=O)N[C@@H](CC(N)=O)C(=O)N[C@@H](Cc1c[nH]c2ccccc12)C(=O)N[C@@H](CCCCN)C(=O)N[C@@H](Cc1ccc(C#N)cc1)C(=O)N[C@H](C(=O)N[C@@H](C)C(=O)N[C@@H](C)C(=O)N[C@@H](CCSC)C(=O)N[C@@H](C)C(=O)N[C@@H](CCCCN)C(=O)N[C@@H](CCCCN)C(=O)N[C@@H](CC(C)C)C(=O)N[C@@H](CC(C)C)C(=O)O)[C@@H](C)CC. The van der Waals surface area contributed by atoms with Gasteiger partial charge in [-0.15, -0.1) is 0 Å². The highest BCUT2D eigenvalue weighted by Gasteiger charge is 2.39. The Hall–Kier alpha value is -10.3. The zero-order valence-corrected chi connectivity index (χ0v) is 71.1. The number of aromatic nitrogens is 1. The molecular formula is C81H130N20O16S. The fourth-order valence-electron chi connectivity index (χ4n) is 12.6. The van der Waals surface area contributed by atoms with E-state index < -0.39 is 186 Å². The van der Waals surface area contributed by atoms with Gasteiger partial charge in [0.25, 0.3) is 0 Å². The summed E-state index contributed by atoms with van der Waals surface area (Å²) in [6.07, 6.45) is 5.81. The van der Waals surface area contributed by atoms with Crippen molar-refractivity contribution in [3.05, 3.63) is 71.4 Å². The Morgan fingerprint density at radius 3 is 1.29 bits per heavy atom. The van der Waals surface area contributed by atoms with E-state index in [4.69, 9.17) is 28.7 Å². The lowest BCUT2D eigenvalue weighted by Crippen LogP contribution is -2.61. The number of H-pyrrole nitrogens is 1. The zero-order valence-electron chi connectivity index (χ0n) is 70.3. The summed E-state index contributed by atoms with van der Waals surface area (Å²) in [6.45, 7) is 18.9. The number of aliphatic carboxylic acids is 1. The zero-order chi connectivity index (χ0) is 88.5. The number of hydrogen-bond acceptors (Lipinski definition) is 21. The van der Waals surface area contributed by atoms with Crippen LogP contribution in [-0.2, 0) is 84.8 Å². The van der Waals surface area contributed by atoms with Crippen LogP contribution in [0.5, 0.6) is 0 Å². The third-order valence-corrected chi connectivity index (χ3v) is 20.8. The van der Waals surface area contributed by atoms with E-state index in [1.807, 2.05) is 26.8 Å². The minimum atomic E-state index is -1.58. The van der Waals surface area contributed by atoms with Crippen LogP contribution in [0.1, 0.15) is 189 Å². The summed E-state index contributed by atoms with van der Waals surface area (Å²) in [5.41, 5.74) is 31.2. The van der Waals surface area contributed by atoms with Gasteiger partial charge in [0.05, 0.1) is 24.1 Å². The van der Waals surface area contributed by atoms with Gasteiger partial charge >= 0.3 is 5.97 Å². The van der Waals surface area contributed by atoms with Crippen LogP contribution in [0.3, 0.4) is 0 Å². The molecule has 0 saturated carbocycles. The molecule has 25 N–H and O–H groups in total. The Kier molecular flexibility index (Phi) is 45.9. The molecule has 0 aliphatic heterocycles. The maximum absolute atomic E-state index is 14.9. The molecule has 14 amide bonds. The van der Waals surface area contributed by atoms with Gasteiger partial charge in [-0.05, 0) is 182 Å². The topological polar surface area (TPSA) is 602 Å². The van der Waals surface area contributed by atoms with E-state index in [1.165, 1.54) is 44.7 Å². The number of nitrogens with one attached hydrogen (secondary N) is 14. The lowest BCUT2D eigenvalue weighted by atomic mass is 9.96. The average Bonchev–Trinajstić information content (AvgIpc) is 1.63. The van der Waals surface area contributed by atoms with E-state index in [0.29, 0.717) is 72.7 Å². The molecule has 16 atom stereocenters. The number of carbonyl (C=O) groups is 15. The first-order valence-corrected chi connectivity index (χ1v) is 42.1. The van der Waals surface area contributed by atoms with Gasteiger partial charge in [-0.3, -0.25) is 67.1 Å². The van der Waals surface area contributed by atoms with Crippen LogP contribution in [0.4, 0.5) is 0 Å². The average molecular weight is 1670 g/mol. The molecule has 0 fully saturated rings. The number of nitrogens with two attached hydrogens (primary N) is 5. The number of amides is 14. The number of fused-ring (bicyclic) bond motifs is 1. The first kappa shape index (κ1) is 102. The molecule has 656 valence electrons. The number of carbonyl (C=O) groups excluding carboxylic acids is 14. The molecule has 0 bridgehead atoms. The Morgan fingerprint density at radius 1 is 0.441 bits per heavy atom. The van der Waals surface area contributed by atoms with Crippen molar-refractivity contribution in [2.24, 2.45) is 52.3 Å². The molecule has 118 heavy (non-hydrogen) atoms. The summed E-state index contributed by atoms with van der Waals surface area (Å²) in [5.74, 6) is -13.8. The molecule has 0 radical (unpaired) electrons. The summed E-state index contributed by atoms with van der Waals surface area (Å²) >= 11 is 1.35. The number of nitriles is 1. The summed E-state index contributed by atoms with van der Waals surface area (Å²) in [5, 5.41) is 54.6. The first-order valence-electron chi connectivity index (χ1n) is 40.7. The number of rotatable bonds is 56. The molecule has 2 aromatic carbocycles. The number of para-hydroxylation sites is 1. The fraction of sp³-hybridized carbons (Fsp3) is 0.630. The van der Waals surface area contributed by atoms with Crippen LogP contribution in [0.25, 0.3) is 10.9 Å². The molecule has 0 unspecified atom stereocenters. The van der Waals surface area contributed by atoms with Crippen LogP contribution in [0.15, 0.2) is 54.7 Å². The van der Waals surface area contributed by atoms with Crippen molar-refractivity contribution >= 4 is 111 Å². The Morgan fingerprint density at radius 2 is 0.822 bits per heavy atom. The van der Waals surface area contributed by atoms with E-state index in [2.05, 4.69) is 74.1 Å². The number of thioether (sulfide) groups is 1. The minimum Gasteiger partial charge on any atom is -0.480 e. The highest BCUT2D eigenvalue weighted by atomic mass is 32.2. The van der Waals surface area contributed by atoms with Crippen molar-refractivity contribution in [3.63, 3.8) is 0 Å². The second kappa shape index (κ2) is 53.2. The normalized spacial score (nSPS) is 15.4. The summed E-state index contributed by atoms with van der Waals surface area (Å²) in [7, 11) is 0. The second-order valence-corrected chi connectivity index (χ2v) is 32.0. The third-order valence-electron chi connectivity index (χ3n) is 20.2. The molecule has 37 heteroatoms. The van der Waals surface area contributed by atoms with Crippen molar-refractivity contribution < 1.29 is 77.0 Å². The van der Waals surface area contributed by atoms with E-state index >= 15 is 0 Å². The van der Waals surface area contributed by atoms with Crippen LogP contribution >= 0.6 is 11.8 Å². The van der Waals surface area contributed by atoms with Crippen LogP contribution in [0, 0.1) is 35.0 Å². The predicted octanol–water partition coefficient (Wildman–Crippen LogP) is -0.201. The second-order valence-electron chi connectivity index (χ2n) is 31.0. The standard InChI is InChI=1S/C81H130N20O16S/c1-13-46(7)66(87)79(114)99-63(41-65(86)102)77(112)98-62(40-53-43-88-55-24-16-15-23-54(53)55)76(111)95-58(27-19-22-35-84)74(109)97-61(39-51-28-30-52(42-85)31-29-51)78(113)101-67(47(8)14-2)80(115)91-48(9)68(103)89-49(10)69(104)93-59(32-36-118-12)71(106)90-50(11)70(105)92-56(25-17-20-33-82)72(107)94-57(26-18-21-34-83)73(108)96-60(37-44(3)4)75(110)100-64(81(116)117)38-45(5)6/h15-16,23-24,28-31,43-50,56-64,66-67,88H,13-14,17-22,25-27,32-41,82-84,87H2,1-12H3,(H2,86,102)(H,89,103)(H,90,106)(H,91,115)(H,92,105)(H,93,104)(H,94,107)(H,95,111)(H,96,108)(H,97,109)(H,98,112)(H,99,114)(H,100,110)(H,101,113)(H,116,117)/t46-,47-,48-,49-,50-,56-,57-,58-,59-,60-,61-,62-,63-,64-,66-,67-/m0/s1. The van der Waals surface area contributed by atoms with Crippen molar-refractivity contribution in [2.45, 2.75) is 270 Å². The minimum absolute atomic E-state index is 0.0401. The van der Waals surface area contributed by atoms with Crippen molar-refractivity contribution in [1.82, 2.24) is 74.1 Å². The fourth-order valence-corrected chi connectivity index (χ4v) is 13.1. The van der Waals surface area contributed by atoms with Gasteiger partial charge in [0.15, 0.2) is 0 Å². The van der Waals surface area contributed by atoms with Gasteiger partial charge in [-0.25, -0.2) is 4.79 Å². The molecule has 0 spiro atoms. The molecule has 1 aromatic heterocycles. The number of primary amides is 1. The van der Waals surface area contributed by atoms with E-state index in [-0.39, 0.29) is 101 Å². The molecule has 3 rings (SSSR count). The highest BCUT2D eigenvalue weighted by molar-refractivity contribution is 7.98. The molecule has 3 aromatic rings. The maximum atomic E-state index is 14.9. The van der Waals surface area contributed by atoms with Crippen molar-refractivity contribution in [1.29, 1.82) is 5.26 Å². The summed E-state index contributed by atoms with van der Waals surface area (Å²) in [6, 6.07) is -3.40. The van der Waals surface area contributed by atoms with E-state index in [1.54, 1.807) is 83.5 Å². The smallest absolute Gasteiger partial charge is 0.326 e. The molecule has 0 aliphatic carbocycles. The van der Waals surface area contributed by atoms with Gasteiger partial charge in [-0.2, -0.15) is 17.0 Å². The number of hydrogen-bond donors (Lipinski definition) is 20. The number of unbranched alkanes of at least 4 members (excludes halogenated alkanes) is 3. The summed E-state index contributed by atoms with van der Waals surface area (Å²) < 4.78 is 0. The lowest BCUT2D eigenvalue weighted by molar-refractivity contribution is -0.143. The third kappa shape index (κ3) is 35.5. The number of carboxylic acid groups (broad SMARTS) is 1. The van der Waals surface area contributed by atoms with Crippen LogP contribution < -0.4 is 97.8 Å².